The van der Waals surface area contributed by atoms with E-state index < -0.39 is 0 Å². The average molecular weight is 439 g/mol. The Morgan fingerprint density at radius 3 is 2.62 bits per heavy atom. The van der Waals surface area contributed by atoms with Crippen LogP contribution in [0.25, 0.3) is 0 Å². The van der Waals surface area contributed by atoms with Gasteiger partial charge in [0, 0.05) is 7.11 Å². The molecule has 3 fully saturated rings. The Balaban J connectivity index is 1.25. The predicted octanol–water partition coefficient (Wildman–Crippen LogP) is 6.77. The van der Waals surface area contributed by atoms with E-state index in [0.717, 1.165) is 37.4 Å². The SMILES string of the molecule is COCOC1CC[C@@]2(C)C(=CC[C@@H]3[C@H]2CC[C@]2(C)C(COCc4ccccc4)CC[C@@H]32)C1. The molecule has 0 N–H and O–H groups in total. The van der Waals surface area contributed by atoms with Crippen molar-refractivity contribution in [3.8, 4) is 0 Å². The molecule has 5 rings (SSSR count). The van der Waals surface area contributed by atoms with Gasteiger partial charge in [0.05, 0.1) is 19.3 Å². The van der Waals surface area contributed by atoms with E-state index in [1.807, 2.05) is 0 Å². The summed E-state index contributed by atoms with van der Waals surface area (Å²) in [5.74, 6) is 3.29. The van der Waals surface area contributed by atoms with Crippen LogP contribution < -0.4 is 0 Å². The van der Waals surface area contributed by atoms with Crippen LogP contribution in [-0.2, 0) is 20.8 Å². The first-order chi connectivity index (χ1) is 15.5. The molecule has 32 heavy (non-hydrogen) atoms. The molecule has 4 aliphatic carbocycles. The van der Waals surface area contributed by atoms with E-state index >= 15 is 0 Å². The number of benzene rings is 1. The van der Waals surface area contributed by atoms with Gasteiger partial charge in [0.1, 0.15) is 6.79 Å². The van der Waals surface area contributed by atoms with Crippen molar-refractivity contribution >= 4 is 0 Å². The zero-order valence-electron chi connectivity index (χ0n) is 20.4. The van der Waals surface area contributed by atoms with Crippen LogP contribution in [0.3, 0.4) is 0 Å². The number of allylic oxidation sites excluding steroid dienone is 1. The highest BCUT2D eigenvalue weighted by molar-refractivity contribution is 5.25. The lowest BCUT2D eigenvalue weighted by Crippen LogP contribution is -2.50. The molecule has 0 spiro atoms. The van der Waals surface area contributed by atoms with Crippen molar-refractivity contribution in [1.82, 2.24) is 0 Å². The molecular formula is C29H42O3. The molecule has 0 bridgehead atoms. The maximum atomic E-state index is 6.27. The standard InChI is InChI=1S/C29H42O3/c1-28-15-13-24(32-20-30-3)17-22(28)9-11-25-26-12-10-23(29(26,2)16-14-27(25)28)19-31-18-21-7-5-4-6-8-21/h4-9,23-27H,10-20H2,1-3H3/t23?,24?,25-,26-,27+,28-,29+/m0/s1. The number of ether oxygens (including phenoxy) is 3. The van der Waals surface area contributed by atoms with Crippen molar-refractivity contribution in [2.75, 3.05) is 20.5 Å². The summed E-state index contributed by atoms with van der Waals surface area (Å²) in [5.41, 5.74) is 3.83. The molecule has 1 aromatic rings. The summed E-state index contributed by atoms with van der Waals surface area (Å²) in [5, 5.41) is 0. The van der Waals surface area contributed by atoms with Crippen LogP contribution in [0.1, 0.15) is 70.8 Å². The van der Waals surface area contributed by atoms with Crippen molar-refractivity contribution in [1.29, 1.82) is 0 Å². The molecule has 0 radical (unpaired) electrons. The van der Waals surface area contributed by atoms with Crippen LogP contribution in [0.5, 0.6) is 0 Å². The van der Waals surface area contributed by atoms with Gasteiger partial charge in [-0.05, 0) is 91.4 Å². The summed E-state index contributed by atoms with van der Waals surface area (Å²) in [6.45, 7) is 7.29. The van der Waals surface area contributed by atoms with Crippen LogP contribution >= 0.6 is 0 Å². The molecule has 0 saturated heterocycles. The number of fused-ring (bicyclic) bond motifs is 5. The smallest absolute Gasteiger partial charge is 0.146 e. The molecule has 1 aromatic carbocycles. The van der Waals surface area contributed by atoms with Crippen molar-refractivity contribution in [2.45, 2.75) is 77.9 Å². The van der Waals surface area contributed by atoms with Gasteiger partial charge in [0.25, 0.3) is 0 Å². The Labute approximate surface area is 194 Å². The highest BCUT2D eigenvalue weighted by atomic mass is 16.7. The van der Waals surface area contributed by atoms with Gasteiger partial charge >= 0.3 is 0 Å². The van der Waals surface area contributed by atoms with E-state index in [4.69, 9.17) is 14.2 Å². The summed E-state index contributed by atoms with van der Waals surface area (Å²) < 4.78 is 17.4. The minimum absolute atomic E-state index is 0.345. The topological polar surface area (TPSA) is 27.7 Å². The lowest BCUT2D eigenvalue weighted by molar-refractivity contribution is -0.0992. The Morgan fingerprint density at radius 1 is 0.969 bits per heavy atom. The van der Waals surface area contributed by atoms with Gasteiger partial charge < -0.3 is 14.2 Å². The monoisotopic (exact) mass is 438 g/mol. The molecule has 4 aliphatic rings. The second-order valence-corrected chi connectivity index (χ2v) is 11.5. The van der Waals surface area contributed by atoms with Gasteiger partial charge in [-0.2, -0.15) is 0 Å². The Hall–Kier alpha value is -1.16. The number of hydrogen-bond donors (Lipinski definition) is 0. The summed E-state index contributed by atoms with van der Waals surface area (Å²) >= 11 is 0. The average Bonchev–Trinajstić information content (AvgIpc) is 3.14. The van der Waals surface area contributed by atoms with Gasteiger partial charge in [-0.25, -0.2) is 0 Å². The molecular weight excluding hydrogens is 396 g/mol. The number of hydrogen-bond acceptors (Lipinski definition) is 3. The van der Waals surface area contributed by atoms with Gasteiger partial charge in [0.15, 0.2) is 0 Å². The fraction of sp³-hybridized carbons (Fsp3) is 0.724. The first kappa shape index (κ1) is 22.6. The van der Waals surface area contributed by atoms with E-state index in [9.17, 15) is 0 Å². The molecule has 0 aliphatic heterocycles. The van der Waals surface area contributed by atoms with E-state index in [-0.39, 0.29) is 0 Å². The first-order valence-electron chi connectivity index (χ1n) is 13.0. The number of methoxy groups -OCH3 is 1. The molecule has 2 unspecified atom stereocenters. The third kappa shape index (κ3) is 3.99. The Kier molecular flexibility index (Phi) is 6.53. The molecule has 176 valence electrons. The largest absolute Gasteiger partial charge is 0.376 e. The lowest BCUT2D eigenvalue weighted by atomic mass is 9.47. The maximum absolute atomic E-state index is 6.27. The fourth-order valence-corrected chi connectivity index (χ4v) is 8.21. The van der Waals surface area contributed by atoms with Crippen LogP contribution in [0.2, 0.25) is 0 Å². The highest BCUT2D eigenvalue weighted by Crippen LogP contribution is 2.66. The third-order valence-electron chi connectivity index (χ3n) is 10.1. The van der Waals surface area contributed by atoms with Crippen LogP contribution in [-0.4, -0.2) is 26.6 Å². The number of rotatable bonds is 7. The predicted molar refractivity (Wildman–Crippen MR) is 128 cm³/mol. The maximum Gasteiger partial charge on any atom is 0.146 e. The summed E-state index contributed by atoms with van der Waals surface area (Å²) in [6.07, 6.45) is 13.3. The second kappa shape index (κ2) is 9.24. The minimum Gasteiger partial charge on any atom is -0.376 e. The molecule has 0 aromatic heterocycles. The summed E-state index contributed by atoms with van der Waals surface area (Å²) in [4.78, 5) is 0. The van der Waals surface area contributed by atoms with Crippen molar-refractivity contribution < 1.29 is 14.2 Å². The van der Waals surface area contributed by atoms with E-state index in [2.05, 4.69) is 50.3 Å². The van der Waals surface area contributed by atoms with Crippen molar-refractivity contribution in [2.24, 2.45) is 34.5 Å². The van der Waals surface area contributed by atoms with Crippen molar-refractivity contribution in [3.05, 3.63) is 47.5 Å². The Morgan fingerprint density at radius 2 is 1.81 bits per heavy atom. The van der Waals surface area contributed by atoms with Gasteiger partial charge in [-0.3, -0.25) is 0 Å². The third-order valence-corrected chi connectivity index (χ3v) is 10.1. The van der Waals surface area contributed by atoms with Crippen LogP contribution in [0.4, 0.5) is 0 Å². The summed E-state index contributed by atoms with van der Waals surface area (Å²) in [7, 11) is 1.72. The molecule has 3 nitrogen and oxygen atoms in total. The van der Waals surface area contributed by atoms with E-state index in [0.29, 0.717) is 29.6 Å². The van der Waals surface area contributed by atoms with Gasteiger partial charge in [-0.15, -0.1) is 0 Å². The molecule has 0 amide bonds. The normalized spacial score (nSPS) is 40.8. The molecule has 0 heterocycles. The minimum atomic E-state index is 0.345. The first-order valence-corrected chi connectivity index (χ1v) is 13.0. The molecule has 7 atom stereocenters. The molecule has 3 heteroatoms. The zero-order chi connectivity index (χ0) is 22.2. The lowest BCUT2D eigenvalue weighted by Gasteiger charge is -2.58. The Bertz CT molecular complexity index is 804. The summed E-state index contributed by atoms with van der Waals surface area (Å²) in [6, 6.07) is 10.6. The zero-order valence-corrected chi connectivity index (χ0v) is 20.4. The van der Waals surface area contributed by atoms with Crippen LogP contribution in [0.15, 0.2) is 42.0 Å². The fourth-order valence-electron chi connectivity index (χ4n) is 8.21. The van der Waals surface area contributed by atoms with E-state index in [1.165, 1.54) is 50.5 Å². The quantitative estimate of drug-likeness (QED) is 0.347. The molecule has 3 saturated carbocycles. The van der Waals surface area contributed by atoms with Gasteiger partial charge in [0.2, 0.25) is 0 Å². The highest BCUT2D eigenvalue weighted by Gasteiger charge is 2.58. The second-order valence-electron chi connectivity index (χ2n) is 11.5. The van der Waals surface area contributed by atoms with Crippen molar-refractivity contribution in [3.63, 3.8) is 0 Å². The van der Waals surface area contributed by atoms with Crippen LogP contribution in [0, 0.1) is 34.5 Å². The van der Waals surface area contributed by atoms with Gasteiger partial charge in [-0.1, -0.05) is 55.8 Å². The van der Waals surface area contributed by atoms with E-state index in [1.54, 1.807) is 12.7 Å².